The molecular formula is C28H41F6NO14. The maximum absolute atomic E-state index is 13.7. The zero-order valence-electron chi connectivity index (χ0n) is 26.1. The van der Waals surface area contributed by atoms with Gasteiger partial charge >= 0.3 is 18.5 Å². The molecule has 49 heavy (non-hydrogen) atoms. The average Bonchev–Trinajstić information content (AvgIpc) is 3.00. The van der Waals surface area contributed by atoms with Crippen LogP contribution in [0, 0.1) is 6.57 Å². The molecule has 21 heteroatoms. The summed E-state index contributed by atoms with van der Waals surface area (Å²) in [5, 5.41) is 47.4. The number of alkyl halides is 6. The van der Waals surface area contributed by atoms with E-state index in [1.165, 1.54) is 6.07 Å². The summed E-state index contributed by atoms with van der Waals surface area (Å²) in [5.41, 5.74) is 0.355. The van der Waals surface area contributed by atoms with E-state index in [1.807, 2.05) is 0 Å². The van der Waals surface area contributed by atoms with Crippen molar-refractivity contribution in [1.29, 1.82) is 0 Å². The Morgan fingerprint density at radius 1 is 0.612 bits per heavy atom. The first-order valence-corrected chi connectivity index (χ1v) is 14.5. The maximum Gasteiger partial charge on any atom is 0.495 e. The molecule has 4 atom stereocenters. The lowest BCUT2D eigenvalue weighted by Gasteiger charge is -2.26. The Hall–Kier alpha value is -2.43. The van der Waals surface area contributed by atoms with Crippen LogP contribution in [0.1, 0.15) is 0 Å². The minimum Gasteiger partial charge on any atom is -0.492 e. The third-order valence-corrected chi connectivity index (χ3v) is 5.24. The second kappa shape index (κ2) is 23.9. The fraction of sp³-hybridized carbons (Fsp3) is 0.750. The van der Waals surface area contributed by atoms with Crippen molar-refractivity contribution in [1.82, 2.24) is 0 Å². The number of halogens is 6. The number of aliphatic hydroxyl groups is 5. The molecule has 1 aromatic carbocycles. The van der Waals surface area contributed by atoms with Gasteiger partial charge in [-0.15, -0.1) is 8.78 Å². The van der Waals surface area contributed by atoms with Gasteiger partial charge in [0.1, 0.15) is 50.0 Å². The Morgan fingerprint density at radius 3 is 1.59 bits per heavy atom. The Kier molecular flexibility index (Phi) is 21.7. The van der Waals surface area contributed by atoms with Gasteiger partial charge in [-0.25, -0.2) is 14.3 Å². The summed E-state index contributed by atoms with van der Waals surface area (Å²) in [6.07, 6.45) is -20.1. The summed E-state index contributed by atoms with van der Waals surface area (Å²) in [6.45, 7) is -0.950. The van der Waals surface area contributed by atoms with Crippen molar-refractivity contribution in [2.75, 3.05) is 92.5 Å². The predicted molar refractivity (Wildman–Crippen MR) is 151 cm³/mol. The van der Waals surface area contributed by atoms with Crippen molar-refractivity contribution in [2.45, 2.75) is 42.9 Å². The van der Waals surface area contributed by atoms with E-state index in [1.54, 1.807) is 18.2 Å². The number of rotatable bonds is 30. The Labute approximate surface area is 277 Å². The smallest absolute Gasteiger partial charge is 0.492 e. The zero-order valence-corrected chi connectivity index (χ0v) is 26.1. The molecule has 0 fully saturated rings. The van der Waals surface area contributed by atoms with Crippen LogP contribution in [-0.4, -0.2) is 161 Å². The number of aliphatic hydroxyl groups excluding tert-OH is 5. The number of hydrogen-bond donors (Lipinski definition) is 5. The van der Waals surface area contributed by atoms with Crippen LogP contribution in [0.2, 0.25) is 0 Å². The van der Waals surface area contributed by atoms with Gasteiger partial charge in [-0.2, -0.15) is 17.6 Å². The molecule has 0 aliphatic carbocycles. The van der Waals surface area contributed by atoms with E-state index in [4.69, 9.17) is 35.4 Å². The van der Waals surface area contributed by atoms with Gasteiger partial charge < -0.3 is 58.7 Å². The molecule has 0 aliphatic rings. The van der Waals surface area contributed by atoms with E-state index in [2.05, 4.69) is 23.8 Å². The SMILES string of the molecule is [C-]#[N+]c1cccc(OCC(O)COCC(O)COCCOCC(F)(F)OC(F)(F)OC(F)(F)COCC(O)COCC(O)COCCO)c1. The van der Waals surface area contributed by atoms with Gasteiger partial charge in [0.25, 0.3) is 0 Å². The monoisotopic (exact) mass is 729 g/mol. The van der Waals surface area contributed by atoms with E-state index in [0.29, 0.717) is 11.4 Å². The largest absolute Gasteiger partial charge is 0.495 e. The predicted octanol–water partition coefficient (Wildman–Crippen LogP) is 0.921. The molecule has 15 nitrogen and oxygen atoms in total. The Balaban J connectivity index is 2.18. The topological polar surface area (TPSA) is 189 Å². The summed E-state index contributed by atoms with van der Waals surface area (Å²) in [7, 11) is 0. The van der Waals surface area contributed by atoms with Gasteiger partial charge in [0.15, 0.2) is 5.69 Å². The average molecular weight is 730 g/mol. The lowest BCUT2D eigenvalue weighted by Crippen LogP contribution is -2.44. The summed E-state index contributed by atoms with van der Waals surface area (Å²) in [4.78, 5) is 3.25. The number of benzene rings is 1. The van der Waals surface area contributed by atoms with Crippen molar-refractivity contribution < 1.29 is 94.5 Å². The second-order valence-electron chi connectivity index (χ2n) is 9.99. The van der Waals surface area contributed by atoms with Crippen LogP contribution in [0.5, 0.6) is 5.75 Å². The third kappa shape index (κ3) is 23.6. The summed E-state index contributed by atoms with van der Waals surface area (Å²) >= 11 is 0. The van der Waals surface area contributed by atoms with Crippen LogP contribution >= 0.6 is 0 Å². The van der Waals surface area contributed by atoms with E-state index < -0.39 is 82.6 Å². The highest BCUT2D eigenvalue weighted by Crippen LogP contribution is 2.33. The van der Waals surface area contributed by atoms with Crippen LogP contribution in [0.4, 0.5) is 32.0 Å². The number of ether oxygens (including phenoxy) is 9. The molecule has 0 saturated carbocycles. The molecule has 5 N–H and O–H groups in total. The van der Waals surface area contributed by atoms with Crippen LogP contribution in [0.25, 0.3) is 4.85 Å². The lowest BCUT2D eigenvalue weighted by molar-refractivity contribution is -0.518. The van der Waals surface area contributed by atoms with Crippen molar-refractivity contribution in [3.05, 3.63) is 35.7 Å². The first-order chi connectivity index (χ1) is 23.1. The summed E-state index contributed by atoms with van der Waals surface area (Å²) < 4.78 is 122. The van der Waals surface area contributed by atoms with E-state index in [0.717, 1.165) is 0 Å². The van der Waals surface area contributed by atoms with Gasteiger partial charge in [0.2, 0.25) is 0 Å². The fourth-order valence-electron chi connectivity index (χ4n) is 3.26. The van der Waals surface area contributed by atoms with Crippen LogP contribution in [0.15, 0.2) is 24.3 Å². The van der Waals surface area contributed by atoms with Crippen molar-refractivity contribution in [2.24, 2.45) is 0 Å². The molecule has 0 radical (unpaired) electrons. The normalized spacial score (nSPS) is 15.1. The molecular weight excluding hydrogens is 688 g/mol. The minimum atomic E-state index is -5.50. The first-order valence-electron chi connectivity index (χ1n) is 14.5. The van der Waals surface area contributed by atoms with Crippen LogP contribution in [0.3, 0.4) is 0 Å². The quantitative estimate of drug-likeness (QED) is 0.0326. The molecule has 1 aromatic rings. The molecule has 0 amide bonds. The minimum absolute atomic E-state index is 0.0305. The molecule has 0 heterocycles. The molecule has 1 rings (SSSR count). The zero-order chi connectivity index (χ0) is 36.8. The third-order valence-electron chi connectivity index (χ3n) is 5.24. The van der Waals surface area contributed by atoms with Gasteiger partial charge in [0.05, 0.1) is 79.2 Å². The standard InChI is InChI=1S/C28H41F6NO14/c1-35-20-3-2-4-25(9-20)47-17-24(40)15-45-13-22(38)11-42-7-8-43-18-26(29,30)48-28(33,34)49-27(31,32)19-46-16-23(39)14-44-12-21(37)10-41-6-5-36/h2-4,9,21-24,36-40H,5-8,10-19H2. The van der Waals surface area contributed by atoms with Crippen molar-refractivity contribution in [3.63, 3.8) is 0 Å². The van der Waals surface area contributed by atoms with Gasteiger partial charge in [-0.3, -0.25) is 0 Å². The van der Waals surface area contributed by atoms with Gasteiger partial charge in [0, 0.05) is 0 Å². The van der Waals surface area contributed by atoms with E-state index in [9.17, 15) is 46.8 Å². The molecule has 0 aliphatic heterocycles. The lowest BCUT2D eigenvalue weighted by atomic mass is 10.3. The fourth-order valence-corrected chi connectivity index (χ4v) is 3.26. The first kappa shape index (κ1) is 44.6. The Bertz CT molecular complexity index is 1060. The second-order valence-corrected chi connectivity index (χ2v) is 9.99. The molecule has 0 spiro atoms. The van der Waals surface area contributed by atoms with Crippen LogP contribution < -0.4 is 4.74 Å². The summed E-state index contributed by atoms with van der Waals surface area (Å²) in [5.74, 6) is 0.368. The van der Waals surface area contributed by atoms with Crippen molar-refractivity contribution >= 4 is 5.69 Å². The number of nitrogens with zero attached hydrogens (tertiary/aromatic N) is 1. The van der Waals surface area contributed by atoms with Gasteiger partial charge in [-0.05, 0) is 12.1 Å². The number of hydrogen-bond acceptors (Lipinski definition) is 14. The highest BCUT2D eigenvalue weighted by molar-refractivity contribution is 5.48. The molecule has 0 saturated heterocycles. The maximum atomic E-state index is 13.7. The van der Waals surface area contributed by atoms with E-state index in [-0.39, 0.29) is 52.9 Å². The highest BCUT2D eigenvalue weighted by Gasteiger charge is 2.52. The van der Waals surface area contributed by atoms with Gasteiger partial charge in [-0.1, -0.05) is 12.1 Å². The molecule has 284 valence electrons. The Morgan fingerprint density at radius 2 is 1.06 bits per heavy atom. The van der Waals surface area contributed by atoms with Crippen molar-refractivity contribution in [3.8, 4) is 5.75 Å². The molecule has 0 bridgehead atoms. The van der Waals surface area contributed by atoms with E-state index >= 15 is 0 Å². The molecule has 0 aromatic heterocycles. The molecule has 4 unspecified atom stereocenters. The van der Waals surface area contributed by atoms with Crippen LogP contribution in [-0.2, 0) is 37.9 Å². The summed E-state index contributed by atoms with van der Waals surface area (Å²) in [6, 6.07) is 6.27. The highest BCUT2D eigenvalue weighted by atomic mass is 19.3.